The second-order valence-electron chi connectivity index (χ2n) is 10.9. The molecule has 344 valence electrons. The first-order valence-electron chi connectivity index (χ1n) is 15.4. The number of hydrogen-bond acceptors (Lipinski definition) is 28. The third-order valence-corrected chi connectivity index (χ3v) is 11.3. The van der Waals surface area contributed by atoms with Gasteiger partial charge in [-0.2, -0.15) is 21.2 Å². The van der Waals surface area contributed by atoms with Crippen molar-refractivity contribution in [3.05, 3.63) is 36.4 Å². The van der Waals surface area contributed by atoms with E-state index in [0.29, 0.717) is 36.1 Å². The maximum absolute atomic E-state index is 11.4. The Morgan fingerprint density at radius 2 is 1.13 bits per heavy atom. The monoisotopic (exact) mass is 1060 g/mol. The van der Waals surface area contributed by atoms with Crippen LogP contribution in [0.2, 0.25) is 0 Å². The molecule has 27 nitrogen and oxygen atoms in total. The summed E-state index contributed by atoms with van der Waals surface area (Å²) in [4.78, 5) is -1.86. The van der Waals surface area contributed by atoms with Gasteiger partial charge in [0, 0.05) is 26.8 Å². The van der Waals surface area contributed by atoms with Crippen molar-refractivity contribution in [2.75, 3.05) is 38.9 Å². The van der Waals surface area contributed by atoms with Gasteiger partial charge in [-0.1, -0.05) is 10.1 Å². The molecule has 63 heavy (non-hydrogen) atoms. The molecule has 3 aliphatic heterocycles. The van der Waals surface area contributed by atoms with E-state index in [2.05, 4.69) is 28.1 Å². The van der Waals surface area contributed by atoms with Crippen molar-refractivity contribution in [3.63, 3.8) is 0 Å². The Hall–Kier alpha value is -0.950. The zero-order valence-corrected chi connectivity index (χ0v) is 41.3. The van der Waals surface area contributed by atoms with Crippen molar-refractivity contribution >= 4 is 78.1 Å². The Morgan fingerprint density at radius 1 is 0.667 bits per heavy atom. The molecule has 0 aromatic heterocycles. The summed E-state index contributed by atoms with van der Waals surface area (Å²) in [6, 6.07) is 6.41. The average Bonchev–Trinajstić information content (AvgIpc) is 4.06. The Morgan fingerprint density at radius 3 is 1.57 bits per heavy atom. The maximum Gasteiger partial charge on any atom is 1.00 e. The molecule has 8 N–H and O–H groups in total. The van der Waals surface area contributed by atoms with E-state index in [4.69, 9.17) is 66.2 Å². The SMILES string of the molecule is ClCC1CO1.O=S(=O)(O)c1cc(SOOO)cc2c1OC(CO)CO2.O=S(=O)(O)c1cc(SOOO)cc2c1OCC(CO)O2.O=S(=O)([O-])c1cc(SOO[O-])cc(O)c1O.[Na+].[Na+]. The molecule has 3 heterocycles. The first-order valence-corrected chi connectivity index (χ1v) is 22.5. The number of phenolic OH excluding ortho intramolecular Hbond substituents is 2. The van der Waals surface area contributed by atoms with Gasteiger partial charge in [0.15, 0.2) is 46.7 Å². The van der Waals surface area contributed by atoms with E-state index in [0.717, 1.165) is 30.9 Å². The smallest absolute Gasteiger partial charge is 0.744 e. The van der Waals surface area contributed by atoms with Crippen LogP contribution < -0.4 is 83.3 Å². The van der Waals surface area contributed by atoms with Gasteiger partial charge in [0.1, 0.15) is 38.0 Å². The van der Waals surface area contributed by atoms with Gasteiger partial charge in [-0.05, 0) is 24.3 Å². The molecule has 0 amide bonds. The Bertz CT molecular complexity index is 2260. The fourth-order valence-electron chi connectivity index (χ4n) is 4.12. The Kier molecular flexibility index (Phi) is 27.1. The summed E-state index contributed by atoms with van der Waals surface area (Å²) in [5.74, 6) is -1.54. The molecule has 0 radical (unpaired) electrons. The average molecular weight is 1060 g/mol. The van der Waals surface area contributed by atoms with Gasteiger partial charge in [-0.15, -0.1) is 20.3 Å². The number of phenols is 2. The van der Waals surface area contributed by atoms with Gasteiger partial charge in [0.25, 0.3) is 20.2 Å². The van der Waals surface area contributed by atoms with Crippen LogP contribution >= 0.6 is 47.7 Å². The number of rotatable bonds is 15. The summed E-state index contributed by atoms with van der Waals surface area (Å²) in [7, 11) is -14.1. The van der Waals surface area contributed by atoms with Crippen molar-refractivity contribution in [1.82, 2.24) is 0 Å². The van der Waals surface area contributed by atoms with Crippen LogP contribution in [0.1, 0.15) is 0 Å². The first kappa shape index (κ1) is 60.1. The summed E-state index contributed by atoms with van der Waals surface area (Å²) >= 11 is 6.52. The van der Waals surface area contributed by atoms with E-state index in [1.807, 2.05) is 0 Å². The normalized spacial score (nSPS) is 17.1. The molecule has 3 aliphatic rings. The van der Waals surface area contributed by atoms with E-state index in [9.17, 15) is 44.2 Å². The van der Waals surface area contributed by atoms with Gasteiger partial charge in [-0.3, -0.25) is 14.1 Å². The van der Waals surface area contributed by atoms with E-state index in [1.54, 1.807) is 0 Å². The third kappa shape index (κ3) is 19.7. The quantitative estimate of drug-likeness (QED) is 0.0103. The summed E-state index contributed by atoms with van der Waals surface area (Å²) < 4.78 is 134. The number of aromatic hydroxyl groups is 2. The van der Waals surface area contributed by atoms with Crippen LogP contribution in [-0.2, 0) is 63.2 Å². The number of ether oxygens (including phenoxy) is 5. The van der Waals surface area contributed by atoms with Crippen molar-refractivity contribution in [2.24, 2.45) is 0 Å². The van der Waals surface area contributed by atoms with Crippen molar-refractivity contribution in [1.29, 1.82) is 0 Å². The van der Waals surface area contributed by atoms with Gasteiger partial charge in [-0.25, -0.2) is 18.9 Å². The number of epoxide rings is 1. The molecule has 3 unspecified atom stereocenters. The first-order chi connectivity index (χ1) is 28.7. The van der Waals surface area contributed by atoms with Crippen LogP contribution in [0.25, 0.3) is 0 Å². The second kappa shape index (κ2) is 28.4. The molecule has 0 aliphatic carbocycles. The van der Waals surface area contributed by atoms with E-state index < -0.39 is 68.7 Å². The summed E-state index contributed by atoms with van der Waals surface area (Å²) in [5, 5.41) is 71.6. The van der Waals surface area contributed by atoms with Crippen LogP contribution in [0.4, 0.5) is 0 Å². The molecule has 6 rings (SSSR count). The van der Waals surface area contributed by atoms with Crippen molar-refractivity contribution < 1.29 is 186 Å². The van der Waals surface area contributed by atoms with Crippen LogP contribution in [0, 0.1) is 0 Å². The predicted octanol–water partition coefficient (Wildman–Crippen LogP) is -5.15. The van der Waals surface area contributed by atoms with E-state index >= 15 is 0 Å². The molecular formula is C27H29ClNa2O27S6. The standard InChI is InChI=1S/2C9H10O9S2.C6H6O8S2.C3H5ClO.2Na/c10-3-5-4-15-9-7(16-5)1-6(19-18-17-11)2-8(9)20(12,13)14;10-3-5-4-15-7-1-6(19-18-17-11)2-8(9(7)16-5)20(12,13)14;7-4-1-3(15-14-13-9)2-5(6(4)8)16(10,11)12;4-1-3-2-5-3;;/h2*1-2,5,10-11H,3-4H2,(H,12,13,14);1-2,7-9H,(H,10,11,12);3H,1-2H2;;/q;;;;2*+1/p-2. The largest absolute Gasteiger partial charge is 1.00 e. The van der Waals surface area contributed by atoms with Gasteiger partial charge >= 0.3 is 59.1 Å². The van der Waals surface area contributed by atoms with Crippen LogP contribution in [0.5, 0.6) is 34.5 Å². The molecule has 3 atom stereocenters. The van der Waals surface area contributed by atoms with E-state index in [1.165, 1.54) is 12.1 Å². The van der Waals surface area contributed by atoms with Crippen LogP contribution in [0.15, 0.2) is 65.8 Å². The molecule has 0 bridgehead atoms. The molecule has 1 saturated heterocycles. The fourth-order valence-corrected chi connectivity index (χ4v) is 7.75. The summed E-state index contributed by atoms with van der Waals surface area (Å²) in [6.45, 7) is 0.134. The number of benzene rings is 3. The minimum Gasteiger partial charge on any atom is -0.744 e. The molecule has 36 heteroatoms. The van der Waals surface area contributed by atoms with Crippen molar-refractivity contribution in [2.45, 2.75) is 47.7 Å². The van der Waals surface area contributed by atoms with Crippen LogP contribution in [-0.4, -0.2) is 127 Å². The van der Waals surface area contributed by atoms with Gasteiger partial charge < -0.3 is 53.9 Å². The number of aliphatic hydroxyl groups is 2. The minimum atomic E-state index is -4.95. The summed E-state index contributed by atoms with van der Waals surface area (Å²) in [5.41, 5.74) is 0. The topological polar surface area (TPSA) is 415 Å². The van der Waals surface area contributed by atoms with Gasteiger partial charge in [0.05, 0.1) is 67.9 Å². The molecule has 3 aromatic carbocycles. The number of hydrogen-bond donors (Lipinski definition) is 8. The zero-order valence-electron chi connectivity index (χ0n) is 31.6. The van der Waals surface area contributed by atoms with E-state index in [-0.39, 0.29) is 135 Å². The van der Waals surface area contributed by atoms with Crippen LogP contribution in [0.3, 0.4) is 0 Å². The number of halogens is 1. The molecule has 0 saturated carbocycles. The molecule has 1 fully saturated rings. The minimum absolute atomic E-state index is 0. The Balaban J connectivity index is 0.000000442. The van der Waals surface area contributed by atoms with Gasteiger partial charge in [0.2, 0.25) is 0 Å². The number of fused-ring (bicyclic) bond motifs is 2. The second-order valence-corrected chi connectivity index (χ2v) is 17.7. The summed E-state index contributed by atoms with van der Waals surface area (Å²) in [6.07, 6.45) is -0.998. The third-order valence-electron chi connectivity index (χ3n) is 6.72. The van der Waals surface area contributed by atoms with Crippen molar-refractivity contribution in [3.8, 4) is 34.5 Å². The maximum atomic E-state index is 11.4. The Labute approximate surface area is 417 Å². The number of alkyl halides is 1. The molecule has 3 aromatic rings. The zero-order chi connectivity index (χ0) is 45.5. The molecule has 0 spiro atoms. The fraction of sp³-hybridized carbons (Fsp3) is 0.333. The number of aliphatic hydroxyl groups excluding tert-OH is 2. The predicted molar refractivity (Wildman–Crippen MR) is 194 cm³/mol. The molecular weight excluding hydrogens is 1030 g/mol.